The molecule has 21 heavy (non-hydrogen) atoms. The maximum Gasteiger partial charge on any atom is 0.270 e. The lowest BCUT2D eigenvalue weighted by molar-refractivity contribution is -0.384. The van der Waals surface area contributed by atoms with Gasteiger partial charge >= 0.3 is 0 Å². The molecular formula is C14H10N4O3. The number of nitro groups is 1. The lowest BCUT2D eigenvalue weighted by Crippen LogP contribution is -1.88. The van der Waals surface area contributed by atoms with Gasteiger partial charge in [0.1, 0.15) is 11.3 Å². The van der Waals surface area contributed by atoms with E-state index in [1.807, 2.05) is 19.1 Å². The molecule has 0 aliphatic heterocycles. The summed E-state index contributed by atoms with van der Waals surface area (Å²) in [6.45, 7) is 1.91. The second kappa shape index (κ2) is 4.78. The summed E-state index contributed by atoms with van der Waals surface area (Å²) in [5.41, 5.74) is 2.33. The van der Waals surface area contributed by atoms with Crippen LogP contribution in [0.2, 0.25) is 0 Å². The third-order valence-electron chi connectivity index (χ3n) is 3.17. The quantitative estimate of drug-likeness (QED) is 0.417. The highest BCUT2D eigenvalue weighted by atomic mass is 16.6. The minimum atomic E-state index is -0.489. The molecular weight excluding hydrogens is 272 g/mol. The van der Waals surface area contributed by atoms with E-state index < -0.39 is 4.92 Å². The van der Waals surface area contributed by atoms with Crippen LogP contribution in [0.25, 0.3) is 16.9 Å². The van der Waals surface area contributed by atoms with Gasteiger partial charge in [0.25, 0.3) is 5.69 Å². The van der Waals surface area contributed by atoms with Gasteiger partial charge in [-0.25, -0.2) is 4.98 Å². The molecule has 7 heteroatoms. The van der Waals surface area contributed by atoms with Gasteiger partial charge in [-0.1, -0.05) is 12.1 Å². The van der Waals surface area contributed by atoms with E-state index >= 15 is 0 Å². The average Bonchev–Trinajstić information content (AvgIpc) is 2.84. The number of imidazole rings is 1. The van der Waals surface area contributed by atoms with Crippen molar-refractivity contribution in [1.29, 1.82) is 0 Å². The smallest absolute Gasteiger partial charge is 0.270 e. The molecule has 2 aromatic heterocycles. The lowest BCUT2D eigenvalue weighted by atomic mass is 10.1. The Morgan fingerprint density at radius 3 is 2.81 bits per heavy atom. The summed E-state index contributed by atoms with van der Waals surface area (Å²) in [5, 5.41) is 13.9. The van der Waals surface area contributed by atoms with Gasteiger partial charge in [0.15, 0.2) is 0 Å². The number of fused-ring (bicyclic) bond motifs is 1. The summed E-state index contributed by atoms with van der Waals surface area (Å²) in [6, 6.07) is 9.63. The Hall–Kier alpha value is -3.09. The van der Waals surface area contributed by atoms with Crippen molar-refractivity contribution in [2.24, 2.45) is 5.18 Å². The summed E-state index contributed by atoms with van der Waals surface area (Å²) >= 11 is 0. The number of pyridine rings is 1. The van der Waals surface area contributed by atoms with Crippen molar-refractivity contribution in [2.45, 2.75) is 6.92 Å². The van der Waals surface area contributed by atoms with Crippen LogP contribution in [-0.2, 0) is 0 Å². The van der Waals surface area contributed by atoms with E-state index in [0.717, 1.165) is 5.56 Å². The van der Waals surface area contributed by atoms with Crippen LogP contribution in [0.3, 0.4) is 0 Å². The molecule has 0 unspecified atom stereocenters. The Morgan fingerprint density at radius 2 is 2.10 bits per heavy atom. The largest absolute Gasteiger partial charge is 0.281 e. The second-order valence-corrected chi connectivity index (χ2v) is 4.62. The van der Waals surface area contributed by atoms with E-state index in [2.05, 4.69) is 10.2 Å². The van der Waals surface area contributed by atoms with Crippen molar-refractivity contribution in [2.75, 3.05) is 0 Å². The van der Waals surface area contributed by atoms with Crippen molar-refractivity contribution in [3.8, 4) is 11.3 Å². The van der Waals surface area contributed by atoms with Crippen molar-refractivity contribution >= 4 is 17.2 Å². The maximum atomic E-state index is 11.1. The molecule has 0 N–H and O–H groups in total. The Labute approximate surface area is 119 Å². The number of nitrogens with zero attached hydrogens (tertiary/aromatic N) is 4. The van der Waals surface area contributed by atoms with Gasteiger partial charge in [-0.05, 0) is 29.8 Å². The third-order valence-corrected chi connectivity index (χ3v) is 3.17. The van der Waals surface area contributed by atoms with Gasteiger partial charge in [-0.15, -0.1) is 4.91 Å². The van der Waals surface area contributed by atoms with Crippen LogP contribution >= 0.6 is 0 Å². The second-order valence-electron chi connectivity index (χ2n) is 4.62. The first kappa shape index (κ1) is 12.9. The van der Waals surface area contributed by atoms with Gasteiger partial charge in [0.05, 0.1) is 4.92 Å². The molecule has 0 spiro atoms. The molecule has 0 amide bonds. The van der Waals surface area contributed by atoms with E-state index in [9.17, 15) is 15.0 Å². The predicted octanol–water partition coefficient (Wildman–Crippen LogP) is 3.62. The fourth-order valence-corrected chi connectivity index (χ4v) is 2.18. The van der Waals surface area contributed by atoms with Crippen LogP contribution in [0.1, 0.15) is 5.56 Å². The fourth-order valence-electron chi connectivity index (χ4n) is 2.18. The zero-order valence-electron chi connectivity index (χ0n) is 11.1. The topological polar surface area (TPSA) is 89.9 Å². The Kier molecular flexibility index (Phi) is 2.94. The molecule has 0 bridgehead atoms. The molecule has 3 rings (SSSR count). The molecule has 0 atom stereocenters. The summed E-state index contributed by atoms with van der Waals surface area (Å²) in [7, 11) is 0. The van der Waals surface area contributed by atoms with E-state index in [0.29, 0.717) is 16.9 Å². The van der Waals surface area contributed by atoms with Gasteiger partial charge in [0, 0.05) is 23.9 Å². The summed E-state index contributed by atoms with van der Waals surface area (Å²) in [5.74, 6) is 0.130. The molecule has 0 aliphatic rings. The first-order chi connectivity index (χ1) is 10.1. The molecule has 0 saturated heterocycles. The highest BCUT2D eigenvalue weighted by molar-refractivity contribution is 5.75. The first-order valence-electron chi connectivity index (χ1n) is 6.17. The number of hydrogen-bond acceptors (Lipinski definition) is 5. The summed E-state index contributed by atoms with van der Waals surface area (Å²) < 4.78 is 1.56. The van der Waals surface area contributed by atoms with Crippen molar-refractivity contribution in [3.05, 3.63) is 63.2 Å². The number of hydrogen-bond donors (Lipinski definition) is 0. The van der Waals surface area contributed by atoms with Crippen LogP contribution in [0.5, 0.6) is 0 Å². The molecule has 0 radical (unpaired) electrons. The molecule has 1 aromatic carbocycles. The monoisotopic (exact) mass is 282 g/mol. The molecule has 104 valence electrons. The van der Waals surface area contributed by atoms with Crippen LogP contribution in [-0.4, -0.2) is 14.3 Å². The molecule has 2 heterocycles. The van der Waals surface area contributed by atoms with Gasteiger partial charge in [-0.2, -0.15) is 0 Å². The Morgan fingerprint density at radius 1 is 1.29 bits per heavy atom. The van der Waals surface area contributed by atoms with Gasteiger partial charge in [-0.3, -0.25) is 14.5 Å². The van der Waals surface area contributed by atoms with Crippen molar-refractivity contribution in [1.82, 2.24) is 9.38 Å². The average molecular weight is 282 g/mol. The number of aromatic nitrogens is 2. The zero-order chi connectivity index (χ0) is 15.0. The van der Waals surface area contributed by atoms with Gasteiger partial charge in [0.2, 0.25) is 5.82 Å². The number of nitroso groups, excluding NO2 is 1. The van der Waals surface area contributed by atoms with Crippen LogP contribution < -0.4 is 0 Å². The highest BCUT2D eigenvalue weighted by Gasteiger charge is 2.17. The van der Waals surface area contributed by atoms with Crippen LogP contribution in [0.15, 0.2) is 47.8 Å². The Balaban J connectivity index is 2.26. The number of nitro benzene ring substituents is 1. The summed E-state index contributed by atoms with van der Waals surface area (Å²) in [4.78, 5) is 25.9. The predicted molar refractivity (Wildman–Crippen MR) is 77.5 cm³/mol. The third kappa shape index (κ3) is 2.14. The molecule has 7 nitrogen and oxygen atoms in total. The standard InChI is InChI=1S/C14H10N4O3/c1-9-5-6-17-12(7-9)15-13(14(17)16-19)10-3-2-4-11(8-10)18(20)21/h2-8H,1H3. The number of non-ortho nitro benzene ring substituents is 1. The minimum Gasteiger partial charge on any atom is -0.281 e. The molecule has 3 aromatic rings. The maximum absolute atomic E-state index is 11.1. The number of benzene rings is 1. The van der Waals surface area contributed by atoms with Gasteiger partial charge < -0.3 is 0 Å². The van der Waals surface area contributed by atoms with Crippen molar-refractivity contribution in [3.63, 3.8) is 0 Å². The van der Waals surface area contributed by atoms with E-state index in [-0.39, 0.29) is 11.5 Å². The molecule has 0 saturated carbocycles. The van der Waals surface area contributed by atoms with E-state index in [1.54, 1.807) is 22.7 Å². The highest BCUT2D eigenvalue weighted by Crippen LogP contribution is 2.32. The molecule has 0 aliphatic carbocycles. The SMILES string of the molecule is Cc1ccn2c(N=O)c(-c3cccc([N+](=O)[O-])c3)nc2c1. The Bertz CT molecular complexity index is 870. The zero-order valence-corrected chi connectivity index (χ0v) is 11.1. The normalized spacial score (nSPS) is 10.7. The minimum absolute atomic E-state index is 0.0578. The van der Waals surface area contributed by atoms with E-state index in [4.69, 9.17) is 0 Å². The van der Waals surface area contributed by atoms with Crippen molar-refractivity contribution < 1.29 is 4.92 Å². The number of aryl methyl sites for hydroxylation is 1. The first-order valence-corrected chi connectivity index (χ1v) is 6.17. The lowest BCUT2D eigenvalue weighted by Gasteiger charge is -1.98. The van der Waals surface area contributed by atoms with Crippen LogP contribution in [0.4, 0.5) is 11.5 Å². The van der Waals surface area contributed by atoms with E-state index in [1.165, 1.54) is 12.1 Å². The number of rotatable bonds is 3. The molecule has 0 fully saturated rings. The van der Waals surface area contributed by atoms with Crippen LogP contribution in [0, 0.1) is 21.9 Å². The fraction of sp³-hybridized carbons (Fsp3) is 0.0714. The summed E-state index contributed by atoms with van der Waals surface area (Å²) in [6.07, 6.45) is 1.70.